The number of nitrogens with one attached hydrogen (secondary N) is 1. The highest BCUT2D eigenvalue weighted by atomic mass is 15.1. The minimum absolute atomic E-state index is 0.104. The van der Waals surface area contributed by atoms with Crippen LogP contribution in [0.1, 0.15) is 65.8 Å². The average Bonchev–Trinajstić information content (AvgIpc) is 3.24. The molecular weight excluding hydrogens is 657 g/mol. The molecule has 2 heterocycles. The first kappa shape index (κ1) is 34.9. The SMILES string of the molecule is C=C/C=C\C=C\C1C=CC(C2=NC(c3ccccc3)NC(C3=CC=C(C4=Cc5ccc(-c6ccc7c(n6)C(N=C)C(C=C)C=C7)cc5CC4)CC3)=C2)=CC1. The van der Waals surface area contributed by atoms with Crippen molar-refractivity contribution in [2.45, 2.75) is 44.3 Å². The van der Waals surface area contributed by atoms with Crippen LogP contribution in [-0.4, -0.2) is 17.4 Å². The van der Waals surface area contributed by atoms with Crippen LogP contribution in [0, 0.1) is 11.8 Å². The molecular formula is C50H46N4. The van der Waals surface area contributed by atoms with Crippen LogP contribution in [0.15, 0.2) is 191 Å². The number of nitrogens with zero attached hydrogens (tertiary/aromatic N) is 3. The second-order valence-corrected chi connectivity index (χ2v) is 14.4. The Hall–Kier alpha value is -6.13. The lowest BCUT2D eigenvalue weighted by Crippen LogP contribution is -2.27. The van der Waals surface area contributed by atoms with E-state index in [1.54, 1.807) is 6.08 Å². The van der Waals surface area contributed by atoms with Crippen molar-refractivity contribution < 1.29 is 0 Å². The molecule has 0 fully saturated rings. The van der Waals surface area contributed by atoms with Crippen molar-refractivity contribution in [1.82, 2.24) is 10.3 Å². The lowest BCUT2D eigenvalue weighted by Gasteiger charge is -2.28. The molecule has 1 N–H and O–H groups in total. The van der Waals surface area contributed by atoms with Crippen LogP contribution in [0.2, 0.25) is 0 Å². The summed E-state index contributed by atoms with van der Waals surface area (Å²) < 4.78 is 0. The van der Waals surface area contributed by atoms with E-state index in [2.05, 4.69) is 158 Å². The van der Waals surface area contributed by atoms with Crippen molar-refractivity contribution in [3.05, 3.63) is 209 Å². The Balaban J connectivity index is 1.01. The van der Waals surface area contributed by atoms with Crippen LogP contribution in [0.4, 0.5) is 0 Å². The second kappa shape index (κ2) is 15.9. The number of aryl methyl sites for hydroxylation is 1. The molecule has 4 unspecified atom stereocenters. The molecule has 0 saturated carbocycles. The standard InChI is InChI=1S/C50H46N4/c1-4-6-7-9-12-34-15-17-37(18-16-34)46-33-47(54-50(53-46)40-13-10-8-11-14-40)38-22-20-36(21-23-38)41-25-26-43-32-44(28-27-42(43)31-41)45-30-29-39-24-19-35(5-2)48(51-3)49(39)52-45/h4-15,17-20,22,24,27-35,48,50,54H,1-3,16,21,23,25-26H2/b7-6-,12-9+. The summed E-state index contributed by atoms with van der Waals surface area (Å²) >= 11 is 0. The molecule has 266 valence electrons. The maximum Gasteiger partial charge on any atom is 0.145 e. The number of rotatable bonds is 10. The third-order valence-corrected chi connectivity index (χ3v) is 11.0. The number of hydrogen-bond donors (Lipinski definition) is 1. The molecule has 0 radical (unpaired) electrons. The monoisotopic (exact) mass is 702 g/mol. The largest absolute Gasteiger partial charge is 0.360 e. The van der Waals surface area contributed by atoms with Gasteiger partial charge in [-0.25, -0.2) is 4.98 Å². The number of pyridine rings is 1. The van der Waals surface area contributed by atoms with Gasteiger partial charge in [0.15, 0.2) is 0 Å². The number of aromatic nitrogens is 1. The van der Waals surface area contributed by atoms with Gasteiger partial charge in [0.05, 0.1) is 17.1 Å². The molecule has 4 heteroatoms. The summed E-state index contributed by atoms with van der Waals surface area (Å²) in [6.07, 6.45) is 37.3. The second-order valence-electron chi connectivity index (χ2n) is 14.4. The number of allylic oxidation sites excluding steroid dienone is 15. The van der Waals surface area contributed by atoms with Gasteiger partial charge >= 0.3 is 0 Å². The summed E-state index contributed by atoms with van der Waals surface area (Å²) in [5.41, 5.74) is 15.6. The summed E-state index contributed by atoms with van der Waals surface area (Å²) in [6.45, 7) is 11.6. The highest BCUT2D eigenvalue weighted by Gasteiger charge is 2.26. The van der Waals surface area contributed by atoms with E-state index in [1.165, 1.54) is 33.4 Å². The Morgan fingerprint density at radius 3 is 2.41 bits per heavy atom. The van der Waals surface area contributed by atoms with Crippen LogP contribution >= 0.6 is 0 Å². The summed E-state index contributed by atoms with van der Waals surface area (Å²) in [5.74, 6) is 0.492. The maximum atomic E-state index is 5.20. The number of hydrogen-bond acceptors (Lipinski definition) is 4. The molecule has 5 aliphatic rings. The molecule has 0 spiro atoms. The van der Waals surface area contributed by atoms with E-state index in [0.717, 1.165) is 71.6 Å². The highest BCUT2D eigenvalue weighted by Crippen LogP contribution is 2.39. The van der Waals surface area contributed by atoms with Gasteiger partial charge in [-0.3, -0.25) is 9.98 Å². The van der Waals surface area contributed by atoms with Gasteiger partial charge in [0, 0.05) is 17.2 Å². The molecule has 0 bridgehead atoms. The molecule has 0 saturated heterocycles. The Morgan fingerprint density at radius 2 is 1.63 bits per heavy atom. The van der Waals surface area contributed by atoms with E-state index < -0.39 is 0 Å². The van der Waals surface area contributed by atoms with E-state index >= 15 is 0 Å². The van der Waals surface area contributed by atoms with Gasteiger partial charge in [0.25, 0.3) is 0 Å². The quantitative estimate of drug-likeness (QED) is 0.130. The van der Waals surface area contributed by atoms with Gasteiger partial charge < -0.3 is 5.32 Å². The maximum absolute atomic E-state index is 5.20. The molecule has 1 aliphatic heterocycles. The van der Waals surface area contributed by atoms with E-state index in [9.17, 15) is 0 Å². The number of benzene rings is 2. The van der Waals surface area contributed by atoms with Gasteiger partial charge in [-0.1, -0.05) is 140 Å². The fourth-order valence-electron chi connectivity index (χ4n) is 7.97. The summed E-state index contributed by atoms with van der Waals surface area (Å²) in [5, 5.41) is 3.77. The van der Waals surface area contributed by atoms with Crippen molar-refractivity contribution in [1.29, 1.82) is 0 Å². The molecule has 1 aromatic heterocycles. The van der Waals surface area contributed by atoms with Crippen molar-refractivity contribution in [2.24, 2.45) is 21.8 Å². The molecule has 3 aromatic rings. The topological polar surface area (TPSA) is 49.6 Å². The zero-order valence-corrected chi connectivity index (χ0v) is 30.7. The summed E-state index contributed by atoms with van der Waals surface area (Å²) in [6, 6.07) is 21.5. The lowest BCUT2D eigenvalue weighted by atomic mass is 9.83. The van der Waals surface area contributed by atoms with Crippen LogP contribution < -0.4 is 5.32 Å². The Labute approximate surface area is 320 Å². The average molecular weight is 703 g/mol. The minimum atomic E-state index is -0.136. The third kappa shape index (κ3) is 7.38. The smallest absolute Gasteiger partial charge is 0.145 e. The zero-order valence-electron chi connectivity index (χ0n) is 30.7. The fraction of sp³-hybridized carbons (Fsp3) is 0.180. The van der Waals surface area contributed by atoms with Gasteiger partial charge in [-0.2, -0.15) is 0 Å². The molecule has 8 rings (SSSR count). The molecule has 4 nitrogen and oxygen atoms in total. The number of aliphatic imine (C=N–C) groups is 2. The van der Waals surface area contributed by atoms with Gasteiger partial charge in [0.2, 0.25) is 0 Å². The first-order valence-corrected chi connectivity index (χ1v) is 19.1. The van der Waals surface area contributed by atoms with Crippen molar-refractivity contribution in [3.8, 4) is 11.3 Å². The predicted molar refractivity (Wildman–Crippen MR) is 228 cm³/mol. The van der Waals surface area contributed by atoms with Crippen molar-refractivity contribution in [3.63, 3.8) is 0 Å². The summed E-state index contributed by atoms with van der Waals surface area (Å²) in [7, 11) is 0. The molecule has 0 amide bonds. The minimum Gasteiger partial charge on any atom is -0.360 e. The molecule has 54 heavy (non-hydrogen) atoms. The normalized spacial score (nSPS) is 23.2. The Morgan fingerprint density at radius 1 is 0.796 bits per heavy atom. The van der Waals surface area contributed by atoms with E-state index in [-0.39, 0.29) is 18.1 Å². The molecule has 2 aromatic carbocycles. The third-order valence-electron chi connectivity index (χ3n) is 11.0. The predicted octanol–water partition coefficient (Wildman–Crippen LogP) is 11.7. The van der Waals surface area contributed by atoms with E-state index in [0.29, 0.717) is 5.92 Å². The lowest BCUT2D eigenvalue weighted by molar-refractivity contribution is 0.602. The number of fused-ring (bicyclic) bond motifs is 2. The molecule has 4 aliphatic carbocycles. The van der Waals surface area contributed by atoms with Crippen LogP contribution in [0.3, 0.4) is 0 Å². The van der Waals surface area contributed by atoms with Gasteiger partial charge in [0.1, 0.15) is 12.2 Å². The van der Waals surface area contributed by atoms with Gasteiger partial charge in [-0.15, -0.1) is 6.58 Å². The zero-order chi connectivity index (χ0) is 36.9. The highest BCUT2D eigenvalue weighted by molar-refractivity contribution is 6.11. The first-order valence-electron chi connectivity index (χ1n) is 19.1. The van der Waals surface area contributed by atoms with Crippen molar-refractivity contribution in [2.75, 3.05) is 0 Å². The Bertz CT molecular complexity index is 2300. The van der Waals surface area contributed by atoms with Gasteiger partial charge in [-0.05, 0) is 107 Å². The van der Waals surface area contributed by atoms with Crippen LogP contribution in [-0.2, 0) is 6.42 Å². The summed E-state index contributed by atoms with van der Waals surface area (Å²) in [4.78, 5) is 14.7. The van der Waals surface area contributed by atoms with E-state index in [1.807, 2.05) is 18.2 Å². The van der Waals surface area contributed by atoms with E-state index in [4.69, 9.17) is 9.98 Å². The van der Waals surface area contributed by atoms with Crippen molar-refractivity contribution >= 4 is 24.6 Å². The Kier molecular flexibility index (Phi) is 10.3. The fourth-order valence-corrected chi connectivity index (χ4v) is 7.97. The van der Waals surface area contributed by atoms with Crippen LogP contribution in [0.5, 0.6) is 0 Å². The first-order chi connectivity index (χ1) is 26.6. The molecule has 4 atom stereocenters. The van der Waals surface area contributed by atoms with Crippen LogP contribution in [0.25, 0.3) is 23.4 Å².